The summed E-state index contributed by atoms with van der Waals surface area (Å²) < 4.78 is 10.5. The molecule has 0 spiro atoms. The Morgan fingerprint density at radius 2 is 2.25 bits per heavy atom. The quantitative estimate of drug-likeness (QED) is 0.466. The van der Waals surface area contributed by atoms with Gasteiger partial charge >= 0.3 is 0 Å². The molecule has 0 aliphatic carbocycles. The van der Waals surface area contributed by atoms with Gasteiger partial charge in [0.15, 0.2) is 17.6 Å². The van der Waals surface area contributed by atoms with Crippen molar-refractivity contribution >= 4 is 11.6 Å². The lowest BCUT2D eigenvalue weighted by atomic mass is 10.2. The number of nitrogens with one attached hydrogen (secondary N) is 1. The summed E-state index contributed by atoms with van der Waals surface area (Å²) in [6.45, 7) is 5.34. The lowest BCUT2D eigenvalue weighted by Crippen LogP contribution is -2.36. The molecule has 7 heteroatoms. The third kappa shape index (κ3) is 3.98. The highest BCUT2D eigenvalue weighted by atomic mass is 16.6. The average Bonchev–Trinajstić information content (AvgIpc) is 2.44. The lowest BCUT2D eigenvalue weighted by Gasteiger charge is -2.16. The Kier molecular flexibility index (Phi) is 5.52. The first kappa shape index (κ1) is 15.5. The highest BCUT2D eigenvalue weighted by Gasteiger charge is 2.18. The van der Waals surface area contributed by atoms with E-state index in [1.165, 1.54) is 32.2 Å². The maximum Gasteiger partial charge on any atom is 0.273 e. The molecule has 1 aromatic carbocycles. The van der Waals surface area contributed by atoms with Crippen molar-refractivity contribution in [2.45, 2.75) is 13.0 Å². The third-order valence-corrected chi connectivity index (χ3v) is 2.45. The van der Waals surface area contributed by atoms with E-state index in [0.717, 1.165) is 0 Å². The zero-order chi connectivity index (χ0) is 15.1. The maximum atomic E-state index is 11.7. The van der Waals surface area contributed by atoms with Gasteiger partial charge in [0.25, 0.3) is 11.6 Å². The summed E-state index contributed by atoms with van der Waals surface area (Å²) in [6.07, 6.45) is 0.726. The van der Waals surface area contributed by atoms with Gasteiger partial charge in [0.1, 0.15) is 0 Å². The molecule has 0 unspecified atom stereocenters. The van der Waals surface area contributed by atoms with E-state index in [-0.39, 0.29) is 17.3 Å². The van der Waals surface area contributed by atoms with E-state index in [9.17, 15) is 14.9 Å². The monoisotopic (exact) mass is 280 g/mol. The van der Waals surface area contributed by atoms with Crippen LogP contribution in [-0.4, -0.2) is 30.6 Å². The van der Waals surface area contributed by atoms with Crippen LogP contribution in [-0.2, 0) is 4.79 Å². The molecule has 108 valence electrons. The normalized spacial score (nSPS) is 11.3. The molecule has 1 atom stereocenters. The lowest BCUT2D eigenvalue weighted by molar-refractivity contribution is -0.385. The minimum atomic E-state index is -0.814. The molecule has 0 saturated heterocycles. The summed E-state index contributed by atoms with van der Waals surface area (Å²) in [5, 5.41) is 13.3. The van der Waals surface area contributed by atoms with E-state index in [1.807, 2.05) is 0 Å². The molecule has 0 heterocycles. The van der Waals surface area contributed by atoms with Gasteiger partial charge in [-0.15, -0.1) is 6.58 Å². The summed E-state index contributed by atoms with van der Waals surface area (Å²) >= 11 is 0. The molecule has 1 N–H and O–H groups in total. The molecule has 0 fully saturated rings. The first-order chi connectivity index (χ1) is 9.49. The molecule has 0 saturated carbocycles. The fraction of sp³-hybridized carbons (Fsp3) is 0.308. The zero-order valence-electron chi connectivity index (χ0n) is 11.3. The van der Waals surface area contributed by atoms with Crippen LogP contribution in [0, 0.1) is 10.1 Å². The number of hydrogen-bond acceptors (Lipinski definition) is 5. The second-order valence-corrected chi connectivity index (χ2v) is 3.89. The van der Waals surface area contributed by atoms with Crippen molar-refractivity contribution in [2.24, 2.45) is 0 Å². The van der Waals surface area contributed by atoms with E-state index in [1.54, 1.807) is 6.08 Å². The molecule has 0 aliphatic rings. The highest BCUT2D eigenvalue weighted by molar-refractivity contribution is 5.80. The number of methoxy groups -OCH3 is 1. The number of benzene rings is 1. The Morgan fingerprint density at radius 3 is 2.80 bits per heavy atom. The first-order valence-corrected chi connectivity index (χ1v) is 5.87. The first-order valence-electron chi connectivity index (χ1n) is 5.87. The summed E-state index contributed by atoms with van der Waals surface area (Å²) in [4.78, 5) is 21.9. The predicted molar refractivity (Wildman–Crippen MR) is 72.9 cm³/mol. The van der Waals surface area contributed by atoms with Crippen LogP contribution in [0.1, 0.15) is 6.92 Å². The van der Waals surface area contributed by atoms with Crippen LogP contribution in [0.2, 0.25) is 0 Å². The molecule has 1 rings (SSSR count). The van der Waals surface area contributed by atoms with E-state index < -0.39 is 11.0 Å². The van der Waals surface area contributed by atoms with Crippen LogP contribution < -0.4 is 14.8 Å². The fourth-order valence-electron chi connectivity index (χ4n) is 1.43. The Morgan fingerprint density at radius 1 is 1.55 bits per heavy atom. The van der Waals surface area contributed by atoms with Gasteiger partial charge in [0.2, 0.25) is 0 Å². The van der Waals surface area contributed by atoms with Crippen molar-refractivity contribution in [2.75, 3.05) is 13.7 Å². The number of amides is 1. The van der Waals surface area contributed by atoms with Crippen LogP contribution in [0.4, 0.5) is 5.69 Å². The number of nitro groups is 1. The van der Waals surface area contributed by atoms with E-state index in [0.29, 0.717) is 12.3 Å². The van der Waals surface area contributed by atoms with Crippen LogP contribution >= 0.6 is 0 Å². The Bertz CT molecular complexity index is 515. The number of nitro benzene ring substituents is 1. The van der Waals surface area contributed by atoms with Gasteiger partial charge in [0, 0.05) is 12.6 Å². The van der Waals surface area contributed by atoms with Gasteiger partial charge in [-0.05, 0) is 13.0 Å². The van der Waals surface area contributed by atoms with Crippen LogP contribution in [0.25, 0.3) is 0 Å². The summed E-state index contributed by atoms with van der Waals surface area (Å²) in [5.41, 5.74) is -0.139. The maximum absolute atomic E-state index is 11.7. The number of rotatable bonds is 7. The number of hydrogen-bond donors (Lipinski definition) is 1. The van der Waals surface area contributed by atoms with E-state index >= 15 is 0 Å². The van der Waals surface area contributed by atoms with E-state index in [2.05, 4.69) is 11.9 Å². The molecule has 1 amide bonds. The van der Waals surface area contributed by atoms with Crippen molar-refractivity contribution in [1.82, 2.24) is 5.32 Å². The Hall–Kier alpha value is -2.57. The summed E-state index contributed by atoms with van der Waals surface area (Å²) in [5.74, 6) is 0.111. The molecular formula is C13H16N2O5. The number of ether oxygens (including phenoxy) is 2. The number of carbonyl (C=O) groups is 1. The Balaban J connectivity index is 2.88. The largest absolute Gasteiger partial charge is 0.493 e. The molecule has 7 nitrogen and oxygen atoms in total. The second kappa shape index (κ2) is 7.13. The van der Waals surface area contributed by atoms with Gasteiger partial charge < -0.3 is 14.8 Å². The second-order valence-electron chi connectivity index (χ2n) is 3.89. The van der Waals surface area contributed by atoms with Gasteiger partial charge in [0.05, 0.1) is 18.1 Å². The smallest absolute Gasteiger partial charge is 0.273 e. The summed E-state index contributed by atoms with van der Waals surface area (Å²) in [7, 11) is 1.41. The molecule has 1 aromatic rings. The molecule has 20 heavy (non-hydrogen) atoms. The standard InChI is InChI=1S/C13H16N2O5/c1-4-7-14-13(16)9(2)20-12-8-10(15(17)18)5-6-11(12)19-3/h4-6,8-9H,1,7H2,2-3H3,(H,14,16)/t9-/m0/s1. The fourth-order valence-corrected chi connectivity index (χ4v) is 1.43. The van der Waals surface area contributed by atoms with Crippen molar-refractivity contribution in [3.05, 3.63) is 41.0 Å². The van der Waals surface area contributed by atoms with Crippen LogP contribution in [0.3, 0.4) is 0 Å². The van der Waals surface area contributed by atoms with Crippen LogP contribution in [0.5, 0.6) is 11.5 Å². The van der Waals surface area contributed by atoms with Gasteiger partial charge in [-0.2, -0.15) is 0 Å². The SMILES string of the molecule is C=CCNC(=O)[C@H](C)Oc1cc([N+](=O)[O-])ccc1OC. The molecule has 0 bridgehead atoms. The number of carbonyl (C=O) groups excluding carboxylic acids is 1. The van der Waals surface area contributed by atoms with Gasteiger partial charge in [-0.3, -0.25) is 14.9 Å². The summed E-state index contributed by atoms with van der Waals surface area (Å²) in [6, 6.07) is 3.94. The minimum absolute atomic E-state index is 0.139. The molecule has 0 aliphatic heterocycles. The van der Waals surface area contributed by atoms with Crippen molar-refractivity contribution in [3.63, 3.8) is 0 Å². The predicted octanol–water partition coefficient (Wildman–Crippen LogP) is 1.67. The van der Waals surface area contributed by atoms with Crippen molar-refractivity contribution in [3.8, 4) is 11.5 Å². The number of non-ortho nitro benzene ring substituents is 1. The highest BCUT2D eigenvalue weighted by Crippen LogP contribution is 2.31. The molecule has 0 radical (unpaired) electrons. The van der Waals surface area contributed by atoms with Gasteiger partial charge in [-0.25, -0.2) is 0 Å². The average molecular weight is 280 g/mol. The number of nitrogens with zero attached hydrogens (tertiary/aromatic N) is 1. The van der Waals surface area contributed by atoms with E-state index in [4.69, 9.17) is 9.47 Å². The third-order valence-electron chi connectivity index (χ3n) is 2.45. The van der Waals surface area contributed by atoms with Crippen LogP contribution in [0.15, 0.2) is 30.9 Å². The van der Waals surface area contributed by atoms with Gasteiger partial charge in [-0.1, -0.05) is 6.08 Å². The topological polar surface area (TPSA) is 90.7 Å². The molecule has 0 aromatic heterocycles. The minimum Gasteiger partial charge on any atom is -0.493 e. The van der Waals surface area contributed by atoms with Crippen molar-refractivity contribution in [1.29, 1.82) is 0 Å². The zero-order valence-corrected chi connectivity index (χ0v) is 11.3. The van der Waals surface area contributed by atoms with Crippen molar-refractivity contribution < 1.29 is 19.2 Å². The Labute approximate surface area is 116 Å². The molecular weight excluding hydrogens is 264 g/mol.